The van der Waals surface area contributed by atoms with E-state index in [0.29, 0.717) is 10.8 Å². The molecule has 0 bridgehead atoms. The lowest BCUT2D eigenvalue weighted by Gasteiger charge is -2.05. The summed E-state index contributed by atoms with van der Waals surface area (Å²) in [5.74, 6) is 0.550. The number of pyridine rings is 1. The van der Waals surface area contributed by atoms with Crippen LogP contribution < -0.4 is 5.32 Å². The summed E-state index contributed by atoms with van der Waals surface area (Å²) in [4.78, 5) is 4.10. The second-order valence-corrected chi connectivity index (χ2v) is 2.81. The maximum absolute atomic E-state index is 11.8. The summed E-state index contributed by atoms with van der Waals surface area (Å²) in [5.41, 5.74) is 0.862. The average Bonchev–Trinajstić information content (AvgIpc) is 2.07. The minimum Gasteiger partial charge on any atom is -0.366 e. The Hall–Kier alpha value is -0.830. The number of nitrogens with one attached hydrogen (secondary N) is 1. The average molecular weight is 189 g/mol. The van der Waals surface area contributed by atoms with Crippen LogP contribution in [0.3, 0.4) is 0 Å². The molecule has 0 amide bonds. The summed E-state index contributed by atoms with van der Waals surface area (Å²) in [6.45, 7) is 1.68. The van der Waals surface area contributed by atoms with Gasteiger partial charge in [-0.05, 0) is 19.1 Å². The number of rotatable bonds is 3. The van der Waals surface area contributed by atoms with Gasteiger partial charge in [-0.3, -0.25) is 0 Å². The van der Waals surface area contributed by atoms with Crippen LogP contribution in [0.5, 0.6) is 0 Å². The molecule has 0 aliphatic heterocycles. The van der Waals surface area contributed by atoms with Gasteiger partial charge < -0.3 is 5.32 Å². The summed E-state index contributed by atoms with van der Waals surface area (Å²) in [7, 11) is 0. The molecule has 1 heterocycles. The minimum absolute atomic E-state index is 0.246. The first kappa shape index (κ1) is 9.26. The van der Waals surface area contributed by atoms with Gasteiger partial charge in [-0.1, -0.05) is 11.6 Å². The molecule has 0 saturated carbocycles. The number of aromatic nitrogens is 1. The molecule has 12 heavy (non-hydrogen) atoms. The van der Waals surface area contributed by atoms with Gasteiger partial charge in [0.05, 0.1) is 5.02 Å². The lowest BCUT2D eigenvalue weighted by molar-refractivity contribution is 0.512. The molecule has 0 unspecified atom stereocenters. The Morgan fingerprint density at radius 2 is 2.33 bits per heavy atom. The van der Waals surface area contributed by atoms with Crippen molar-refractivity contribution in [2.45, 2.75) is 6.92 Å². The fourth-order valence-electron chi connectivity index (χ4n) is 0.829. The van der Waals surface area contributed by atoms with Crippen LogP contribution in [0.4, 0.5) is 10.2 Å². The summed E-state index contributed by atoms with van der Waals surface area (Å²) >= 11 is 5.78. The fourth-order valence-corrected chi connectivity index (χ4v) is 1.00. The molecule has 1 rings (SSSR count). The lowest BCUT2D eigenvalue weighted by atomic mass is 10.4. The van der Waals surface area contributed by atoms with Crippen LogP contribution in [0, 0.1) is 6.92 Å². The molecule has 1 aromatic rings. The van der Waals surface area contributed by atoms with E-state index in [0.717, 1.165) is 5.69 Å². The zero-order valence-corrected chi connectivity index (χ0v) is 7.53. The maximum atomic E-state index is 11.8. The van der Waals surface area contributed by atoms with E-state index in [1.807, 2.05) is 13.0 Å². The summed E-state index contributed by atoms with van der Waals surface area (Å²) < 4.78 is 11.8. The predicted octanol–water partition coefficient (Wildman–Crippen LogP) is 2.42. The van der Waals surface area contributed by atoms with Gasteiger partial charge in [-0.15, -0.1) is 0 Å². The smallest absolute Gasteiger partial charge is 0.145 e. The van der Waals surface area contributed by atoms with Gasteiger partial charge in [0.15, 0.2) is 0 Å². The third-order valence-electron chi connectivity index (χ3n) is 1.37. The van der Waals surface area contributed by atoms with E-state index in [1.54, 1.807) is 6.07 Å². The van der Waals surface area contributed by atoms with Crippen molar-refractivity contribution >= 4 is 17.4 Å². The Balaban J connectivity index is 2.75. The Morgan fingerprint density at radius 3 is 3.00 bits per heavy atom. The van der Waals surface area contributed by atoms with Crippen molar-refractivity contribution in [2.24, 2.45) is 0 Å². The first-order valence-electron chi connectivity index (χ1n) is 3.67. The van der Waals surface area contributed by atoms with E-state index in [1.165, 1.54) is 0 Å². The third kappa shape index (κ3) is 2.34. The largest absolute Gasteiger partial charge is 0.366 e. The number of halogens is 2. The molecule has 4 heteroatoms. The number of anilines is 1. The monoisotopic (exact) mass is 188 g/mol. The van der Waals surface area contributed by atoms with E-state index in [9.17, 15) is 4.39 Å². The van der Waals surface area contributed by atoms with Gasteiger partial charge >= 0.3 is 0 Å². The molecule has 0 aromatic carbocycles. The molecule has 0 aliphatic rings. The van der Waals surface area contributed by atoms with Crippen LogP contribution >= 0.6 is 11.6 Å². The standard InChI is InChI=1S/C8H10ClFN2/c1-6-2-3-7(9)8(12-6)11-5-4-10/h2-3H,4-5H2,1H3,(H,11,12). The fraction of sp³-hybridized carbons (Fsp3) is 0.375. The van der Waals surface area contributed by atoms with E-state index >= 15 is 0 Å². The second kappa shape index (κ2) is 4.26. The molecule has 0 atom stereocenters. The van der Waals surface area contributed by atoms with E-state index < -0.39 is 6.67 Å². The van der Waals surface area contributed by atoms with Crippen LogP contribution in [0.2, 0.25) is 5.02 Å². The van der Waals surface area contributed by atoms with Crippen molar-refractivity contribution < 1.29 is 4.39 Å². The number of alkyl halides is 1. The zero-order valence-electron chi connectivity index (χ0n) is 6.77. The highest BCUT2D eigenvalue weighted by molar-refractivity contribution is 6.32. The van der Waals surface area contributed by atoms with Crippen LogP contribution in [-0.2, 0) is 0 Å². The molecule has 0 radical (unpaired) electrons. The Kier molecular flexibility index (Phi) is 3.29. The number of hydrogen-bond acceptors (Lipinski definition) is 2. The van der Waals surface area contributed by atoms with Gasteiger partial charge in [0, 0.05) is 12.2 Å². The Morgan fingerprint density at radius 1 is 1.58 bits per heavy atom. The maximum Gasteiger partial charge on any atom is 0.145 e. The molecule has 1 aromatic heterocycles. The van der Waals surface area contributed by atoms with Gasteiger partial charge in [0.1, 0.15) is 12.5 Å². The van der Waals surface area contributed by atoms with Crippen molar-refractivity contribution in [3.05, 3.63) is 22.8 Å². The Bertz CT molecular complexity index is 265. The highest BCUT2D eigenvalue weighted by Gasteiger charge is 1.99. The predicted molar refractivity (Wildman–Crippen MR) is 48.4 cm³/mol. The van der Waals surface area contributed by atoms with Crippen molar-refractivity contribution in [3.8, 4) is 0 Å². The van der Waals surface area contributed by atoms with Crippen molar-refractivity contribution in [1.29, 1.82) is 0 Å². The summed E-state index contributed by atoms with van der Waals surface area (Å²) in [5, 5.41) is 3.31. The first-order chi connectivity index (χ1) is 5.74. The van der Waals surface area contributed by atoms with Gasteiger partial charge in [0.25, 0.3) is 0 Å². The summed E-state index contributed by atoms with van der Waals surface area (Å²) in [6, 6.07) is 3.55. The van der Waals surface area contributed by atoms with E-state index in [2.05, 4.69) is 10.3 Å². The number of nitrogens with zero attached hydrogens (tertiary/aromatic N) is 1. The number of hydrogen-bond donors (Lipinski definition) is 1. The lowest BCUT2D eigenvalue weighted by Crippen LogP contribution is -2.05. The second-order valence-electron chi connectivity index (χ2n) is 2.40. The molecule has 66 valence electrons. The zero-order chi connectivity index (χ0) is 8.97. The van der Waals surface area contributed by atoms with Crippen molar-refractivity contribution in [2.75, 3.05) is 18.5 Å². The quantitative estimate of drug-likeness (QED) is 0.788. The topological polar surface area (TPSA) is 24.9 Å². The molecule has 0 saturated heterocycles. The SMILES string of the molecule is Cc1ccc(Cl)c(NCCF)n1. The van der Waals surface area contributed by atoms with E-state index in [-0.39, 0.29) is 6.54 Å². The van der Waals surface area contributed by atoms with Crippen LogP contribution in [0.1, 0.15) is 5.69 Å². The molecular formula is C8H10ClFN2. The third-order valence-corrected chi connectivity index (χ3v) is 1.68. The normalized spacial score (nSPS) is 9.92. The molecule has 0 spiro atoms. The highest BCUT2D eigenvalue weighted by Crippen LogP contribution is 2.18. The molecule has 0 fully saturated rings. The van der Waals surface area contributed by atoms with Gasteiger partial charge in [0.2, 0.25) is 0 Å². The Labute approximate surface area is 75.8 Å². The first-order valence-corrected chi connectivity index (χ1v) is 4.05. The molecular weight excluding hydrogens is 179 g/mol. The van der Waals surface area contributed by atoms with Gasteiger partial charge in [-0.25, -0.2) is 9.37 Å². The van der Waals surface area contributed by atoms with Crippen molar-refractivity contribution in [3.63, 3.8) is 0 Å². The molecule has 1 N–H and O–H groups in total. The van der Waals surface area contributed by atoms with Crippen LogP contribution in [0.25, 0.3) is 0 Å². The summed E-state index contributed by atoms with van der Waals surface area (Å²) in [6.07, 6.45) is 0. The van der Waals surface area contributed by atoms with Crippen molar-refractivity contribution in [1.82, 2.24) is 4.98 Å². The molecule has 2 nitrogen and oxygen atoms in total. The highest BCUT2D eigenvalue weighted by atomic mass is 35.5. The minimum atomic E-state index is -0.425. The van der Waals surface area contributed by atoms with Crippen LogP contribution in [-0.4, -0.2) is 18.2 Å². The van der Waals surface area contributed by atoms with Crippen LogP contribution in [0.15, 0.2) is 12.1 Å². The van der Waals surface area contributed by atoms with E-state index in [4.69, 9.17) is 11.6 Å². The van der Waals surface area contributed by atoms with Gasteiger partial charge in [-0.2, -0.15) is 0 Å². The number of aryl methyl sites for hydroxylation is 1. The molecule has 0 aliphatic carbocycles.